The minimum Gasteiger partial charge on any atom is -0.381 e. The second kappa shape index (κ2) is 5.07. The maximum absolute atomic E-state index is 7.40. The Bertz CT molecular complexity index is 444. The van der Waals surface area contributed by atoms with Crippen LogP contribution in [0.4, 0.5) is 0 Å². The molecule has 1 heterocycles. The van der Waals surface area contributed by atoms with E-state index in [9.17, 15) is 0 Å². The molecule has 0 amide bonds. The Morgan fingerprint density at radius 3 is 1.83 bits per heavy atom. The third kappa shape index (κ3) is 2.61. The van der Waals surface area contributed by atoms with E-state index in [4.69, 9.17) is 22.3 Å². The predicted octanol–water partition coefficient (Wildman–Crippen LogP) is 0.487. The number of hydrogen-bond acceptors (Lipinski definition) is 5. The van der Waals surface area contributed by atoms with Crippen molar-refractivity contribution in [1.82, 2.24) is 15.0 Å². The molecule has 1 saturated carbocycles. The van der Waals surface area contributed by atoms with Crippen LogP contribution in [0.15, 0.2) is 0 Å². The van der Waals surface area contributed by atoms with E-state index >= 15 is 0 Å². The lowest BCUT2D eigenvalue weighted by Gasteiger charge is -2.20. The number of nitrogen functional groups attached to an aromatic ring is 2. The SMILES string of the molecule is N=C(N)c1nc(C(=N)N)nc(C2CCCCC2)n1. The Balaban J connectivity index is 2.38. The number of nitrogens with one attached hydrogen (secondary N) is 2. The van der Waals surface area contributed by atoms with Crippen LogP contribution in [0, 0.1) is 10.8 Å². The molecule has 0 atom stereocenters. The van der Waals surface area contributed by atoms with Gasteiger partial charge >= 0.3 is 0 Å². The van der Waals surface area contributed by atoms with Crippen molar-refractivity contribution in [2.24, 2.45) is 11.5 Å². The molecule has 1 aromatic rings. The van der Waals surface area contributed by atoms with Gasteiger partial charge in [0.2, 0.25) is 0 Å². The van der Waals surface area contributed by atoms with Crippen molar-refractivity contribution in [3.8, 4) is 0 Å². The molecule has 1 fully saturated rings. The van der Waals surface area contributed by atoms with Crippen molar-refractivity contribution in [1.29, 1.82) is 10.8 Å². The first-order valence-electron chi connectivity index (χ1n) is 6.02. The molecule has 0 bridgehead atoms. The second-order valence-corrected chi connectivity index (χ2v) is 4.50. The quantitative estimate of drug-likeness (QED) is 0.454. The molecule has 0 unspecified atom stereocenters. The molecule has 6 N–H and O–H groups in total. The average Bonchev–Trinajstić information content (AvgIpc) is 2.39. The third-order valence-electron chi connectivity index (χ3n) is 3.10. The van der Waals surface area contributed by atoms with E-state index in [1.54, 1.807) is 0 Å². The number of rotatable bonds is 3. The van der Waals surface area contributed by atoms with E-state index in [0.29, 0.717) is 5.82 Å². The summed E-state index contributed by atoms with van der Waals surface area (Å²) in [6, 6.07) is 0. The zero-order valence-electron chi connectivity index (χ0n) is 10.1. The van der Waals surface area contributed by atoms with Crippen LogP contribution in [-0.4, -0.2) is 26.6 Å². The van der Waals surface area contributed by atoms with E-state index in [1.807, 2.05) is 0 Å². The summed E-state index contributed by atoms with van der Waals surface area (Å²) in [6.07, 6.45) is 5.60. The molecule has 1 aromatic heterocycles. The van der Waals surface area contributed by atoms with Crippen LogP contribution < -0.4 is 11.5 Å². The second-order valence-electron chi connectivity index (χ2n) is 4.50. The van der Waals surface area contributed by atoms with Crippen LogP contribution >= 0.6 is 0 Å². The van der Waals surface area contributed by atoms with E-state index in [1.165, 1.54) is 6.42 Å². The van der Waals surface area contributed by atoms with Crippen molar-refractivity contribution in [3.05, 3.63) is 17.5 Å². The molecule has 96 valence electrons. The zero-order chi connectivity index (χ0) is 13.1. The highest BCUT2D eigenvalue weighted by Crippen LogP contribution is 2.30. The highest BCUT2D eigenvalue weighted by molar-refractivity contribution is 5.94. The molecular weight excluding hydrogens is 230 g/mol. The number of aromatic nitrogens is 3. The molecule has 7 nitrogen and oxygen atoms in total. The fraction of sp³-hybridized carbons (Fsp3) is 0.545. The van der Waals surface area contributed by atoms with Crippen LogP contribution in [0.3, 0.4) is 0 Å². The molecule has 0 aliphatic heterocycles. The number of nitrogens with zero attached hydrogens (tertiary/aromatic N) is 3. The summed E-state index contributed by atoms with van der Waals surface area (Å²) < 4.78 is 0. The van der Waals surface area contributed by atoms with Crippen LogP contribution in [-0.2, 0) is 0 Å². The van der Waals surface area contributed by atoms with Gasteiger partial charge in [-0.25, -0.2) is 15.0 Å². The standard InChI is InChI=1S/C11H17N7/c12-7(13)10-16-9(6-4-2-1-3-5-6)17-11(18-10)8(14)15/h6H,1-5H2,(H3,12,13)(H3,14,15). The first kappa shape index (κ1) is 12.4. The van der Waals surface area contributed by atoms with Gasteiger partial charge in [-0.05, 0) is 12.8 Å². The Morgan fingerprint density at radius 2 is 1.39 bits per heavy atom. The molecule has 0 spiro atoms. The maximum atomic E-state index is 7.40. The van der Waals surface area contributed by atoms with Gasteiger partial charge in [0, 0.05) is 5.92 Å². The molecule has 1 aliphatic rings. The fourth-order valence-corrected chi connectivity index (χ4v) is 2.18. The summed E-state index contributed by atoms with van der Waals surface area (Å²) in [5.74, 6) is 0.638. The first-order valence-corrected chi connectivity index (χ1v) is 6.02. The van der Waals surface area contributed by atoms with Crippen LogP contribution in [0.2, 0.25) is 0 Å². The summed E-state index contributed by atoms with van der Waals surface area (Å²) >= 11 is 0. The number of hydrogen-bond donors (Lipinski definition) is 4. The zero-order valence-corrected chi connectivity index (χ0v) is 10.1. The van der Waals surface area contributed by atoms with Crippen molar-refractivity contribution in [3.63, 3.8) is 0 Å². The van der Waals surface area contributed by atoms with Crippen LogP contribution in [0.1, 0.15) is 55.5 Å². The minimum absolute atomic E-state index is 0.107. The number of amidine groups is 2. The topological polar surface area (TPSA) is 138 Å². The average molecular weight is 247 g/mol. The van der Waals surface area contributed by atoms with Crippen LogP contribution in [0.25, 0.3) is 0 Å². The molecule has 2 rings (SSSR count). The molecular formula is C11H17N7. The molecule has 0 saturated heterocycles. The summed E-state index contributed by atoms with van der Waals surface area (Å²) in [7, 11) is 0. The monoisotopic (exact) mass is 247 g/mol. The summed E-state index contributed by atoms with van der Waals surface area (Å²) in [4.78, 5) is 12.3. The lowest BCUT2D eigenvalue weighted by atomic mass is 9.89. The summed E-state index contributed by atoms with van der Waals surface area (Å²) in [5, 5.41) is 14.8. The normalized spacial score (nSPS) is 16.4. The lowest BCUT2D eigenvalue weighted by molar-refractivity contribution is 0.427. The fourth-order valence-electron chi connectivity index (χ4n) is 2.18. The highest BCUT2D eigenvalue weighted by Gasteiger charge is 2.21. The van der Waals surface area contributed by atoms with Crippen molar-refractivity contribution >= 4 is 11.7 Å². The van der Waals surface area contributed by atoms with Crippen LogP contribution in [0.5, 0.6) is 0 Å². The molecule has 7 heteroatoms. The summed E-state index contributed by atoms with van der Waals surface area (Å²) in [5.41, 5.74) is 10.8. The first-order chi connectivity index (χ1) is 8.58. The molecule has 0 aromatic carbocycles. The Labute approximate surface area is 105 Å². The Kier molecular flexibility index (Phi) is 3.50. The smallest absolute Gasteiger partial charge is 0.198 e. The Hall–Kier alpha value is -2.05. The van der Waals surface area contributed by atoms with Gasteiger partial charge in [0.25, 0.3) is 0 Å². The van der Waals surface area contributed by atoms with Gasteiger partial charge in [-0.15, -0.1) is 0 Å². The molecule has 0 radical (unpaired) electrons. The highest BCUT2D eigenvalue weighted by atomic mass is 15.1. The Morgan fingerprint density at radius 1 is 0.889 bits per heavy atom. The van der Waals surface area contributed by atoms with E-state index < -0.39 is 0 Å². The van der Waals surface area contributed by atoms with Gasteiger partial charge in [0.1, 0.15) is 5.82 Å². The van der Waals surface area contributed by atoms with E-state index in [0.717, 1.165) is 25.7 Å². The van der Waals surface area contributed by atoms with Gasteiger partial charge in [0.05, 0.1) is 0 Å². The molecule has 1 aliphatic carbocycles. The largest absolute Gasteiger partial charge is 0.381 e. The van der Waals surface area contributed by atoms with Gasteiger partial charge < -0.3 is 11.5 Å². The number of nitrogens with two attached hydrogens (primary N) is 2. The predicted molar refractivity (Wildman–Crippen MR) is 67.7 cm³/mol. The van der Waals surface area contributed by atoms with E-state index in [-0.39, 0.29) is 29.2 Å². The van der Waals surface area contributed by atoms with Gasteiger partial charge in [-0.1, -0.05) is 19.3 Å². The molecule has 18 heavy (non-hydrogen) atoms. The van der Waals surface area contributed by atoms with Crippen molar-refractivity contribution < 1.29 is 0 Å². The maximum Gasteiger partial charge on any atom is 0.198 e. The minimum atomic E-state index is -0.225. The van der Waals surface area contributed by atoms with Gasteiger partial charge in [0.15, 0.2) is 23.3 Å². The van der Waals surface area contributed by atoms with Crippen molar-refractivity contribution in [2.75, 3.05) is 0 Å². The van der Waals surface area contributed by atoms with Crippen molar-refractivity contribution in [2.45, 2.75) is 38.0 Å². The van der Waals surface area contributed by atoms with Gasteiger partial charge in [-0.2, -0.15) is 0 Å². The van der Waals surface area contributed by atoms with E-state index in [2.05, 4.69) is 15.0 Å². The summed E-state index contributed by atoms with van der Waals surface area (Å²) in [6.45, 7) is 0. The van der Waals surface area contributed by atoms with Gasteiger partial charge in [-0.3, -0.25) is 10.8 Å². The third-order valence-corrected chi connectivity index (χ3v) is 3.10. The lowest BCUT2D eigenvalue weighted by Crippen LogP contribution is -2.25.